The molecule has 1 aliphatic rings. The van der Waals surface area contributed by atoms with E-state index >= 15 is 0 Å². The molecule has 1 aliphatic heterocycles. The van der Waals surface area contributed by atoms with Crippen LogP contribution in [0.4, 0.5) is 5.69 Å². The molecule has 1 heterocycles. The summed E-state index contributed by atoms with van der Waals surface area (Å²) < 4.78 is 5.07. The van der Waals surface area contributed by atoms with E-state index < -0.39 is 5.25 Å². The summed E-state index contributed by atoms with van der Waals surface area (Å²) in [6.07, 6.45) is 1.75. The van der Waals surface area contributed by atoms with Gasteiger partial charge < -0.3 is 4.74 Å². The average molecular weight is 380 g/mol. The molecule has 3 rings (SSSR count). The molecule has 1 atom stereocenters. The minimum atomic E-state index is -0.473. The molecule has 0 N–H and O–H groups in total. The summed E-state index contributed by atoms with van der Waals surface area (Å²) in [5, 5.41) is -0.00674. The highest BCUT2D eigenvalue weighted by molar-refractivity contribution is 8.15. The Labute approximate surface area is 162 Å². The second-order valence-corrected chi connectivity index (χ2v) is 7.13. The summed E-state index contributed by atoms with van der Waals surface area (Å²) in [5.74, 6) is -0.547. The molecular weight excluding hydrogens is 360 g/mol. The first-order valence-electron chi connectivity index (χ1n) is 8.68. The van der Waals surface area contributed by atoms with Crippen LogP contribution < -0.4 is 4.90 Å². The lowest BCUT2D eigenvalue weighted by atomic mass is 10.2. The number of amidine groups is 1. The van der Waals surface area contributed by atoms with E-state index in [9.17, 15) is 9.59 Å². The first-order valence-corrected chi connectivity index (χ1v) is 9.56. The van der Waals surface area contributed by atoms with Crippen LogP contribution in [0.25, 0.3) is 6.08 Å². The van der Waals surface area contributed by atoms with Crippen LogP contribution in [0.2, 0.25) is 0 Å². The number of hydrogen-bond acceptors (Lipinski definition) is 5. The van der Waals surface area contributed by atoms with Gasteiger partial charge in [-0.1, -0.05) is 60.3 Å². The van der Waals surface area contributed by atoms with E-state index in [1.54, 1.807) is 19.9 Å². The van der Waals surface area contributed by atoms with Crippen LogP contribution in [-0.2, 0) is 14.3 Å². The minimum absolute atomic E-state index is 0.219. The molecule has 0 saturated heterocycles. The Morgan fingerprint density at radius 3 is 2.41 bits per heavy atom. The summed E-state index contributed by atoms with van der Waals surface area (Å²) in [4.78, 5) is 31.1. The molecule has 0 spiro atoms. The third-order valence-electron chi connectivity index (χ3n) is 3.85. The number of ether oxygens (including phenoxy) is 1. The number of nitrogens with zero attached hydrogens (tertiary/aromatic N) is 2. The van der Waals surface area contributed by atoms with Gasteiger partial charge in [0, 0.05) is 0 Å². The number of aliphatic imine (C=N–C) groups is 1. The molecule has 0 aromatic heterocycles. The minimum Gasteiger partial charge on any atom is -0.465 e. The normalized spacial score (nSPS) is 16.4. The number of esters is 1. The second kappa shape index (κ2) is 8.68. The number of rotatable bonds is 5. The topological polar surface area (TPSA) is 59.0 Å². The van der Waals surface area contributed by atoms with Crippen LogP contribution in [-0.4, -0.2) is 28.9 Å². The Hall–Kier alpha value is -2.86. The third-order valence-corrected chi connectivity index (χ3v) is 4.88. The lowest BCUT2D eigenvalue weighted by Crippen LogP contribution is -2.32. The third kappa shape index (κ3) is 4.46. The van der Waals surface area contributed by atoms with Crippen LogP contribution in [0.5, 0.6) is 0 Å². The standard InChI is InChI=1S/C21H20N2O3S/c1-3-26-20(25)15(2)27-21-22-18(14-16-10-6-4-7-11-16)19(24)23(21)17-12-8-5-9-13-17/h4-15H,3H2,1-2H3/b18-14+. The summed E-state index contributed by atoms with van der Waals surface area (Å²) >= 11 is 1.22. The highest BCUT2D eigenvalue weighted by Gasteiger charge is 2.34. The van der Waals surface area contributed by atoms with Gasteiger partial charge in [-0.15, -0.1) is 0 Å². The number of thioether (sulfide) groups is 1. The van der Waals surface area contributed by atoms with Crippen molar-refractivity contribution in [3.8, 4) is 0 Å². The zero-order valence-electron chi connectivity index (χ0n) is 15.2. The maximum absolute atomic E-state index is 13.0. The van der Waals surface area contributed by atoms with Crippen LogP contribution in [0.15, 0.2) is 71.4 Å². The maximum Gasteiger partial charge on any atom is 0.319 e. The van der Waals surface area contributed by atoms with Crippen molar-refractivity contribution in [2.24, 2.45) is 4.99 Å². The fourth-order valence-corrected chi connectivity index (χ4v) is 3.48. The van der Waals surface area contributed by atoms with E-state index in [0.717, 1.165) is 5.56 Å². The number of para-hydroxylation sites is 1. The quantitative estimate of drug-likeness (QED) is 0.578. The van der Waals surface area contributed by atoms with Crippen molar-refractivity contribution in [3.05, 3.63) is 71.9 Å². The zero-order valence-corrected chi connectivity index (χ0v) is 16.0. The first kappa shape index (κ1) is 18.9. The molecule has 0 radical (unpaired) electrons. The van der Waals surface area contributed by atoms with Crippen molar-refractivity contribution in [1.29, 1.82) is 0 Å². The Morgan fingerprint density at radius 2 is 1.78 bits per heavy atom. The Bertz CT molecular complexity index is 879. The zero-order chi connectivity index (χ0) is 19.2. The Morgan fingerprint density at radius 1 is 1.15 bits per heavy atom. The lowest BCUT2D eigenvalue weighted by Gasteiger charge is -2.19. The molecule has 2 aromatic rings. The molecule has 27 heavy (non-hydrogen) atoms. The van der Waals surface area contributed by atoms with Crippen LogP contribution >= 0.6 is 11.8 Å². The summed E-state index contributed by atoms with van der Waals surface area (Å²) in [6, 6.07) is 18.8. The molecule has 0 fully saturated rings. The smallest absolute Gasteiger partial charge is 0.319 e. The van der Waals surface area contributed by atoms with Crippen LogP contribution in [0, 0.1) is 0 Å². The average Bonchev–Trinajstić information content (AvgIpc) is 2.98. The predicted molar refractivity (Wildman–Crippen MR) is 109 cm³/mol. The molecule has 2 aromatic carbocycles. The lowest BCUT2D eigenvalue weighted by molar-refractivity contribution is -0.142. The number of hydrogen-bond donors (Lipinski definition) is 0. The fourth-order valence-electron chi connectivity index (χ4n) is 2.55. The van der Waals surface area contributed by atoms with E-state index in [0.29, 0.717) is 23.2 Å². The fraction of sp³-hybridized carbons (Fsp3) is 0.190. The van der Waals surface area contributed by atoms with Gasteiger partial charge in [0.25, 0.3) is 5.91 Å². The van der Waals surface area contributed by atoms with Gasteiger partial charge in [-0.05, 0) is 37.6 Å². The van der Waals surface area contributed by atoms with Crippen molar-refractivity contribution >= 4 is 40.6 Å². The number of amides is 1. The molecule has 1 amide bonds. The molecule has 6 heteroatoms. The first-order chi connectivity index (χ1) is 13.1. The summed E-state index contributed by atoms with van der Waals surface area (Å²) in [6.45, 7) is 3.83. The largest absolute Gasteiger partial charge is 0.465 e. The molecule has 0 aliphatic carbocycles. The molecule has 5 nitrogen and oxygen atoms in total. The van der Waals surface area contributed by atoms with Crippen molar-refractivity contribution < 1.29 is 14.3 Å². The van der Waals surface area contributed by atoms with E-state index in [1.165, 1.54) is 16.7 Å². The number of benzene rings is 2. The summed E-state index contributed by atoms with van der Waals surface area (Å²) in [5.41, 5.74) is 1.94. The van der Waals surface area contributed by atoms with Gasteiger partial charge in [0.2, 0.25) is 0 Å². The van der Waals surface area contributed by atoms with Crippen molar-refractivity contribution in [2.45, 2.75) is 19.1 Å². The van der Waals surface area contributed by atoms with Crippen molar-refractivity contribution in [3.63, 3.8) is 0 Å². The van der Waals surface area contributed by atoms with Crippen LogP contribution in [0.1, 0.15) is 19.4 Å². The Kier molecular flexibility index (Phi) is 6.08. The Balaban J connectivity index is 1.94. The molecule has 0 saturated carbocycles. The number of anilines is 1. The molecule has 0 bridgehead atoms. The van der Waals surface area contributed by atoms with Gasteiger partial charge >= 0.3 is 5.97 Å². The van der Waals surface area contributed by atoms with Gasteiger partial charge in [0.15, 0.2) is 5.17 Å². The van der Waals surface area contributed by atoms with E-state index in [4.69, 9.17) is 4.74 Å². The number of carbonyl (C=O) groups is 2. The van der Waals surface area contributed by atoms with E-state index in [2.05, 4.69) is 4.99 Å². The SMILES string of the molecule is CCOC(=O)C(C)SC1=N/C(=C/c2ccccc2)C(=O)N1c1ccccc1. The van der Waals surface area contributed by atoms with Gasteiger partial charge in [-0.2, -0.15) is 0 Å². The molecular formula is C21H20N2O3S. The highest BCUT2D eigenvalue weighted by atomic mass is 32.2. The maximum atomic E-state index is 13.0. The van der Waals surface area contributed by atoms with E-state index in [1.807, 2.05) is 60.7 Å². The molecule has 1 unspecified atom stereocenters. The van der Waals surface area contributed by atoms with Gasteiger partial charge in [-0.3, -0.25) is 14.5 Å². The highest BCUT2D eigenvalue weighted by Crippen LogP contribution is 2.31. The van der Waals surface area contributed by atoms with Crippen molar-refractivity contribution in [2.75, 3.05) is 11.5 Å². The monoisotopic (exact) mass is 380 g/mol. The summed E-state index contributed by atoms with van der Waals surface area (Å²) in [7, 11) is 0. The van der Waals surface area contributed by atoms with Gasteiger partial charge in [0.05, 0.1) is 12.3 Å². The van der Waals surface area contributed by atoms with Crippen LogP contribution in [0.3, 0.4) is 0 Å². The predicted octanol–water partition coefficient (Wildman–Crippen LogP) is 4.12. The van der Waals surface area contributed by atoms with E-state index in [-0.39, 0.29) is 11.9 Å². The number of carbonyl (C=O) groups excluding carboxylic acids is 2. The molecule has 138 valence electrons. The van der Waals surface area contributed by atoms with Crippen molar-refractivity contribution in [1.82, 2.24) is 0 Å². The second-order valence-electron chi connectivity index (χ2n) is 5.82. The van der Waals surface area contributed by atoms with Gasteiger partial charge in [-0.25, -0.2) is 4.99 Å². The van der Waals surface area contributed by atoms with Gasteiger partial charge in [0.1, 0.15) is 10.9 Å².